The van der Waals surface area contributed by atoms with Crippen molar-refractivity contribution in [3.63, 3.8) is 0 Å². The lowest BCUT2D eigenvalue weighted by molar-refractivity contribution is -0.0864. The van der Waals surface area contributed by atoms with Gasteiger partial charge in [0.15, 0.2) is 5.54 Å². The average molecular weight is 318 g/mol. The number of aliphatic hydroxyl groups is 1. The van der Waals surface area contributed by atoms with Gasteiger partial charge in [-0.2, -0.15) is 17.6 Å². The van der Waals surface area contributed by atoms with Crippen molar-refractivity contribution in [3.8, 4) is 0 Å². The molecule has 1 aromatic rings. The summed E-state index contributed by atoms with van der Waals surface area (Å²) in [5, 5.41) is 2.48. The van der Waals surface area contributed by atoms with E-state index in [-0.39, 0.29) is 17.9 Å². The first-order valence-corrected chi connectivity index (χ1v) is 6.00. The van der Waals surface area contributed by atoms with Gasteiger partial charge >= 0.3 is 10.8 Å². The lowest BCUT2D eigenvalue weighted by Gasteiger charge is -2.36. The van der Waals surface area contributed by atoms with Crippen LogP contribution in [0.15, 0.2) is 18.2 Å². The van der Waals surface area contributed by atoms with Gasteiger partial charge in [-0.1, -0.05) is 12.1 Å². The minimum atomic E-state index is -4.25. The van der Waals surface area contributed by atoms with E-state index in [2.05, 4.69) is 0 Å². The molecule has 0 unspecified atom stereocenters. The number of hydrogen-bond donors (Lipinski definition) is 2. The maximum atomic E-state index is 13.4. The van der Waals surface area contributed by atoms with Gasteiger partial charge < -0.3 is 10.4 Å². The Morgan fingerprint density at radius 3 is 2.26 bits per heavy atom. The molecule has 2 rings (SSSR count). The van der Waals surface area contributed by atoms with Crippen LogP contribution in [0.1, 0.15) is 11.1 Å². The topological polar surface area (TPSA) is 32.3 Å². The molecule has 0 spiro atoms. The van der Waals surface area contributed by atoms with Gasteiger partial charge in [-0.25, -0.2) is 0 Å². The molecule has 106 valence electrons. The number of nitrogens with one attached hydrogen (secondary N) is 1. The van der Waals surface area contributed by atoms with E-state index in [0.717, 1.165) is 0 Å². The largest absolute Gasteiger partial charge is 0.392 e. The Labute approximate surface area is 116 Å². The highest BCUT2D eigenvalue weighted by molar-refractivity contribution is 6.27. The summed E-state index contributed by atoms with van der Waals surface area (Å²) >= 11 is 9.67. The van der Waals surface area contributed by atoms with Crippen molar-refractivity contribution >= 4 is 28.9 Å². The van der Waals surface area contributed by atoms with Gasteiger partial charge in [-0.05, 0) is 40.4 Å². The average Bonchev–Trinajstić information content (AvgIpc) is 2.66. The standard InChI is InChI=1S/C11H9Cl2F4NO/c12-10(14,15)9(11(13,16)17)4-7-3-6(5-19)1-2-8(7)18-9/h1-3,18-19H,4-5H2. The Morgan fingerprint density at radius 1 is 1.21 bits per heavy atom. The molecule has 1 aromatic carbocycles. The highest BCUT2D eigenvalue weighted by Crippen LogP contribution is 2.53. The summed E-state index contributed by atoms with van der Waals surface area (Å²) in [7, 11) is 0. The predicted octanol–water partition coefficient (Wildman–Crippen LogP) is 3.55. The smallest absolute Gasteiger partial charge is 0.351 e. The van der Waals surface area contributed by atoms with E-state index in [1.807, 2.05) is 5.32 Å². The second-order valence-electron chi connectivity index (χ2n) is 4.35. The minimum absolute atomic E-state index is 0.0952. The van der Waals surface area contributed by atoms with Crippen LogP contribution in [-0.4, -0.2) is 21.4 Å². The van der Waals surface area contributed by atoms with Crippen molar-refractivity contribution in [2.45, 2.75) is 29.3 Å². The lowest BCUT2D eigenvalue weighted by atomic mass is 9.95. The van der Waals surface area contributed by atoms with Gasteiger partial charge in [-0.3, -0.25) is 0 Å². The van der Waals surface area contributed by atoms with E-state index in [4.69, 9.17) is 28.3 Å². The lowest BCUT2D eigenvalue weighted by Crippen LogP contribution is -2.60. The fraction of sp³-hybridized carbons (Fsp3) is 0.455. The van der Waals surface area contributed by atoms with Gasteiger partial charge in [0, 0.05) is 12.1 Å². The van der Waals surface area contributed by atoms with Gasteiger partial charge in [0.05, 0.1) is 6.61 Å². The fourth-order valence-corrected chi connectivity index (χ4v) is 2.59. The number of halogens is 6. The second-order valence-corrected chi connectivity index (χ2v) is 5.30. The van der Waals surface area contributed by atoms with Crippen LogP contribution >= 0.6 is 23.2 Å². The molecule has 0 atom stereocenters. The van der Waals surface area contributed by atoms with Crippen molar-refractivity contribution in [1.29, 1.82) is 0 Å². The summed E-state index contributed by atoms with van der Waals surface area (Å²) in [6, 6.07) is 4.11. The van der Waals surface area contributed by atoms with Crippen molar-refractivity contribution < 1.29 is 22.7 Å². The van der Waals surface area contributed by atoms with Crippen LogP contribution in [-0.2, 0) is 13.0 Å². The number of alkyl halides is 6. The monoisotopic (exact) mass is 317 g/mol. The molecule has 0 radical (unpaired) electrons. The van der Waals surface area contributed by atoms with E-state index >= 15 is 0 Å². The van der Waals surface area contributed by atoms with E-state index in [1.165, 1.54) is 18.2 Å². The Balaban J connectivity index is 2.49. The second kappa shape index (κ2) is 4.40. The predicted molar refractivity (Wildman–Crippen MR) is 64.0 cm³/mol. The molecule has 1 heterocycles. The van der Waals surface area contributed by atoms with Crippen molar-refractivity contribution in [1.82, 2.24) is 0 Å². The molecule has 0 saturated carbocycles. The number of aliphatic hydroxyl groups excluding tert-OH is 1. The molecule has 2 N–H and O–H groups in total. The summed E-state index contributed by atoms with van der Waals surface area (Å²) in [6.45, 7) is -0.325. The van der Waals surface area contributed by atoms with Gasteiger partial charge in [-0.15, -0.1) is 0 Å². The number of rotatable bonds is 3. The molecule has 2 nitrogen and oxygen atoms in total. The normalized spacial score (nSPS) is 18.1. The molecule has 19 heavy (non-hydrogen) atoms. The molecule has 1 aliphatic rings. The maximum Gasteiger partial charge on any atom is 0.351 e. The quantitative estimate of drug-likeness (QED) is 0.660. The van der Waals surface area contributed by atoms with Gasteiger partial charge in [0.25, 0.3) is 0 Å². The maximum absolute atomic E-state index is 13.4. The molecule has 8 heteroatoms. The number of fused-ring (bicyclic) bond motifs is 1. The zero-order valence-electron chi connectivity index (χ0n) is 9.36. The Morgan fingerprint density at radius 2 is 1.79 bits per heavy atom. The first-order valence-electron chi connectivity index (χ1n) is 5.25. The highest BCUT2D eigenvalue weighted by Gasteiger charge is 2.69. The van der Waals surface area contributed by atoms with Crippen LogP contribution in [0.2, 0.25) is 0 Å². The Hall–Kier alpha value is -0.720. The fourth-order valence-electron chi connectivity index (χ4n) is 2.08. The van der Waals surface area contributed by atoms with Crippen LogP contribution < -0.4 is 5.32 Å². The first kappa shape index (κ1) is 14.7. The van der Waals surface area contributed by atoms with E-state index in [1.54, 1.807) is 0 Å². The molecule has 0 bridgehead atoms. The summed E-state index contributed by atoms with van der Waals surface area (Å²) in [5.41, 5.74) is -2.38. The minimum Gasteiger partial charge on any atom is -0.392 e. The van der Waals surface area contributed by atoms with Crippen LogP contribution in [0.25, 0.3) is 0 Å². The number of benzene rings is 1. The van der Waals surface area contributed by atoms with Crippen LogP contribution in [0, 0.1) is 0 Å². The zero-order chi connectivity index (χ0) is 14.5. The SMILES string of the molecule is OCc1ccc2c(c1)CC(C(F)(F)Cl)(C(F)(F)Cl)N2. The Kier molecular flexibility index (Phi) is 3.40. The Bertz CT molecular complexity index is 484. The van der Waals surface area contributed by atoms with E-state index < -0.39 is 22.7 Å². The van der Waals surface area contributed by atoms with Gasteiger partial charge in [0.1, 0.15) is 0 Å². The molecule has 0 fully saturated rings. The molecular formula is C11H9Cl2F4NO. The van der Waals surface area contributed by atoms with Crippen LogP contribution in [0.5, 0.6) is 0 Å². The summed E-state index contributed by atoms with van der Waals surface area (Å²) in [5.74, 6) is 0. The number of hydrogen-bond acceptors (Lipinski definition) is 2. The van der Waals surface area contributed by atoms with Crippen LogP contribution in [0.3, 0.4) is 0 Å². The van der Waals surface area contributed by atoms with E-state index in [9.17, 15) is 17.6 Å². The highest BCUT2D eigenvalue weighted by atomic mass is 35.5. The molecule has 0 saturated heterocycles. The molecule has 0 aromatic heterocycles. The van der Waals surface area contributed by atoms with Crippen molar-refractivity contribution in [2.24, 2.45) is 0 Å². The zero-order valence-corrected chi connectivity index (χ0v) is 10.9. The van der Waals surface area contributed by atoms with Crippen molar-refractivity contribution in [2.75, 3.05) is 5.32 Å². The molecule has 0 aliphatic carbocycles. The first-order chi connectivity index (χ1) is 8.61. The summed E-state index contributed by atoms with van der Waals surface area (Å²) in [4.78, 5) is 0. The van der Waals surface area contributed by atoms with E-state index in [0.29, 0.717) is 5.56 Å². The third-order valence-electron chi connectivity index (χ3n) is 3.12. The molecule has 0 amide bonds. The van der Waals surface area contributed by atoms with Crippen molar-refractivity contribution in [3.05, 3.63) is 29.3 Å². The summed E-state index contributed by atoms with van der Waals surface area (Å²) in [6.07, 6.45) is -0.747. The third kappa shape index (κ3) is 2.26. The van der Waals surface area contributed by atoms with Gasteiger partial charge in [0.2, 0.25) is 0 Å². The molecule has 1 aliphatic heterocycles. The molecular weight excluding hydrogens is 309 g/mol. The van der Waals surface area contributed by atoms with Crippen LogP contribution in [0.4, 0.5) is 23.2 Å². The summed E-state index contributed by atoms with van der Waals surface area (Å²) < 4.78 is 53.7. The third-order valence-corrected chi connectivity index (χ3v) is 3.77. The number of anilines is 1.